The first-order chi connectivity index (χ1) is 11.0. The third kappa shape index (κ3) is 5.47. The maximum atomic E-state index is 11.1. The average Bonchev–Trinajstić information content (AvgIpc) is 2.50. The summed E-state index contributed by atoms with van der Waals surface area (Å²) in [4.78, 5) is 22.0. The number of carbonyl (C=O) groups is 2. The molecule has 0 aliphatic carbocycles. The Labute approximate surface area is 135 Å². The Morgan fingerprint density at radius 1 is 1.00 bits per heavy atom. The van der Waals surface area contributed by atoms with Gasteiger partial charge in [0.25, 0.3) is 0 Å². The Balaban J connectivity index is 1.90. The molecule has 5 nitrogen and oxygen atoms in total. The van der Waals surface area contributed by atoms with Crippen LogP contribution in [0.2, 0.25) is 0 Å². The Bertz CT molecular complexity index is 680. The number of hydrogen-bond acceptors (Lipinski definition) is 4. The summed E-state index contributed by atoms with van der Waals surface area (Å²) in [5.74, 6) is 0.821. The van der Waals surface area contributed by atoms with Crippen LogP contribution in [-0.4, -0.2) is 18.5 Å². The smallest absolute Gasteiger partial charge is 0.308 e. The predicted molar refractivity (Wildman–Crippen MR) is 87.7 cm³/mol. The first kappa shape index (κ1) is 16.5. The van der Waals surface area contributed by atoms with Gasteiger partial charge in [0.1, 0.15) is 11.5 Å². The summed E-state index contributed by atoms with van der Waals surface area (Å²) in [7, 11) is 0. The van der Waals surface area contributed by atoms with Gasteiger partial charge in [-0.3, -0.25) is 9.59 Å². The monoisotopic (exact) mass is 313 g/mol. The highest BCUT2D eigenvalue weighted by Crippen LogP contribution is 2.20. The lowest BCUT2D eigenvalue weighted by Crippen LogP contribution is -2.07. The Morgan fingerprint density at radius 2 is 1.70 bits per heavy atom. The fourth-order valence-corrected chi connectivity index (χ4v) is 2.08. The molecule has 0 aromatic heterocycles. The Kier molecular flexibility index (Phi) is 5.74. The average molecular weight is 313 g/mol. The zero-order chi connectivity index (χ0) is 16.7. The van der Waals surface area contributed by atoms with Crippen LogP contribution >= 0.6 is 0 Å². The van der Waals surface area contributed by atoms with Crippen LogP contribution in [0.5, 0.6) is 11.5 Å². The molecule has 0 unspecified atom stereocenters. The minimum atomic E-state index is -0.341. The Morgan fingerprint density at radius 3 is 2.35 bits per heavy atom. The third-order valence-electron chi connectivity index (χ3n) is 3.04. The number of ether oxygens (including phenoxy) is 2. The summed E-state index contributed by atoms with van der Waals surface area (Å²) >= 11 is 0. The number of para-hydroxylation sites is 1. The van der Waals surface area contributed by atoms with E-state index in [0.29, 0.717) is 24.5 Å². The highest BCUT2D eigenvalue weighted by molar-refractivity contribution is 5.88. The van der Waals surface area contributed by atoms with Crippen molar-refractivity contribution in [3.05, 3.63) is 54.1 Å². The van der Waals surface area contributed by atoms with Crippen LogP contribution in [0.25, 0.3) is 0 Å². The fourth-order valence-electron chi connectivity index (χ4n) is 2.08. The van der Waals surface area contributed by atoms with Crippen LogP contribution in [0.15, 0.2) is 48.5 Å². The number of amides is 1. The van der Waals surface area contributed by atoms with E-state index in [1.807, 2.05) is 18.2 Å². The van der Waals surface area contributed by atoms with Crippen LogP contribution in [0, 0.1) is 0 Å². The lowest BCUT2D eigenvalue weighted by molar-refractivity contribution is -0.132. The summed E-state index contributed by atoms with van der Waals surface area (Å²) in [6.45, 7) is 3.30. The number of esters is 1. The molecule has 1 N–H and O–H groups in total. The second-order valence-corrected chi connectivity index (χ2v) is 5.01. The second kappa shape index (κ2) is 7.98. The molecule has 0 saturated heterocycles. The summed E-state index contributed by atoms with van der Waals surface area (Å²) < 4.78 is 10.8. The number of nitrogens with one attached hydrogen (secondary N) is 1. The highest BCUT2D eigenvalue weighted by Gasteiger charge is 2.06. The molecule has 5 heteroatoms. The molecule has 2 aromatic rings. The number of hydrogen-bond donors (Lipinski definition) is 1. The lowest BCUT2D eigenvalue weighted by Gasteiger charge is -2.10. The minimum Gasteiger partial charge on any atom is -0.493 e. The number of rotatable bonds is 6. The van der Waals surface area contributed by atoms with Crippen molar-refractivity contribution in [3.8, 4) is 11.5 Å². The van der Waals surface area contributed by atoms with E-state index in [9.17, 15) is 9.59 Å². The van der Waals surface area contributed by atoms with Crippen LogP contribution in [0.4, 0.5) is 5.69 Å². The maximum Gasteiger partial charge on any atom is 0.308 e. The first-order valence-electron chi connectivity index (χ1n) is 7.31. The largest absolute Gasteiger partial charge is 0.493 e. The van der Waals surface area contributed by atoms with Crippen LogP contribution in [0.3, 0.4) is 0 Å². The van der Waals surface area contributed by atoms with Crippen molar-refractivity contribution in [1.29, 1.82) is 0 Å². The van der Waals surface area contributed by atoms with Crippen molar-refractivity contribution in [2.75, 3.05) is 11.9 Å². The zero-order valence-electron chi connectivity index (χ0n) is 13.2. The third-order valence-corrected chi connectivity index (χ3v) is 3.04. The van der Waals surface area contributed by atoms with Gasteiger partial charge >= 0.3 is 5.97 Å². The van der Waals surface area contributed by atoms with Gasteiger partial charge in [-0.15, -0.1) is 0 Å². The molecule has 1 amide bonds. The lowest BCUT2D eigenvalue weighted by atomic mass is 10.1. The van der Waals surface area contributed by atoms with Gasteiger partial charge in [-0.25, -0.2) is 0 Å². The van der Waals surface area contributed by atoms with Crippen LogP contribution < -0.4 is 14.8 Å². The molecule has 0 radical (unpaired) electrons. The summed E-state index contributed by atoms with van der Waals surface area (Å²) in [5.41, 5.74) is 1.64. The van der Waals surface area contributed by atoms with Gasteiger partial charge in [0.05, 0.1) is 6.61 Å². The molecule has 120 valence electrons. The molecule has 0 heterocycles. The van der Waals surface area contributed by atoms with Gasteiger partial charge in [-0.2, -0.15) is 0 Å². The molecule has 2 aromatic carbocycles. The Hall–Kier alpha value is -2.82. The van der Waals surface area contributed by atoms with Gasteiger partial charge in [-0.1, -0.05) is 18.2 Å². The van der Waals surface area contributed by atoms with Gasteiger partial charge < -0.3 is 14.8 Å². The summed E-state index contributed by atoms with van der Waals surface area (Å²) in [6, 6.07) is 14.5. The highest BCUT2D eigenvalue weighted by atomic mass is 16.5. The van der Waals surface area contributed by atoms with Crippen molar-refractivity contribution in [3.63, 3.8) is 0 Å². The van der Waals surface area contributed by atoms with E-state index in [1.54, 1.807) is 30.3 Å². The van der Waals surface area contributed by atoms with E-state index in [-0.39, 0.29) is 11.9 Å². The number of carbonyl (C=O) groups excluding carboxylic acids is 2. The van der Waals surface area contributed by atoms with Gasteiger partial charge in [0.2, 0.25) is 5.91 Å². The van der Waals surface area contributed by atoms with E-state index in [0.717, 1.165) is 11.3 Å². The SMILES string of the molecule is CC(=O)Nc1ccc(OCCc2ccccc2OC(C)=O)cc1. The fraction of sp³-hybridized carbons (Fsp3) is 0.222. The normalized spacial score (nSPS) is 10.0. The number of benzene rings is 2. The molecule has 0 spiro atoms. The van der Waals surface area contributed by atoms with Crippen molar-refractivity contribution >= 4 is 17.6 Å². The van der Waals surface area contributed by atoms with Gasteiger partial charge in [0, 0.05) is 26.0 Å². The first-order valence-corrected chi connectivity index (χ1v) is 7.31. The van der Waals surface area contributed by atoms with E-state index in [1.165, 1.54) is 13.8 Å². The van der Waals surface area contributed by atoms with Crippen LogP contribution in [0.1, 0.15) is 19.4 Å². The second-order valence-electron chi connectivity index (χ2n) is 5.01. The van der Waals surface area contributed by atoms with E-state index in [2.05, 4.69) is 5.32 Å². The predicted octanol–water partition coefficient (Wildman–Crippen LogP) is 3.19. The van der Waals surface area contributed by atoms with Crippen molar-refractivity contribution < 1.29 is 19.1 Å². The molecular formula is C18H19NO4. The maximum absolute atomic E-state index is 11.1. The molecule has 0 saturated carbocycles. The minimum absolute atomic E-state index is 0.110. The molecule has 0 aliphatic heterocycles. The molecule has 23 heavy (non-hydrogen) atoms. The molecule has 2 rings (SSSR count). The van der Waals surface area contributed by atoms with Crippen LogP contribution in [-0.2, 0) is 16.0 Å². The quantitative estimate of drug-likeness (QED) is 0.657. The van der Waals surface area contributed by atoms with Gasteiger partial charge in [0.15, 0.2) is 0 Å². The van der Waals surface area contributed by atoms with E-state index < -0.39 is 0 Å². The number of anilines is 1. The summed E-state index contributed by atoms with van der Waals surface area (Å²) in [6.07, 6.45) is 0.622. The molecule has 0 atom stereocenters. The van der Waals surface area contributed by atoms with Gasteiger partial charge in [-0.05, 0) is 35.9 Å². The van der Waals surface area contributed by atoms with Crippen molar-refractivity contribution in [2.45, 2.75) is 20.3 Å². The topological polar surface area (TPSA) is 64.6 Å². The van der Waals surface area contributed by atoms with E-state index >= 15 is 0 Å². The molecular weight excluding hydrogens is 294 g/mol. The van der Waals surface area contributed by atoms with Crippen molar-refractivity contribution in [1.82, 2.24) is 0 Å². The van der Waals surface area contributed by atoms with E-state index in [4.69, 9.17) is 9.47 Å². The molecule has 0 bridgehead atoms. The molecule has 0 fully saturated rings. The molecule has 0 aliphatic rings. The standard InChI is InChI=1S/C18H19NO4/c1-13(20)19-16-7-9-17(10-8-16)22-12-11-15-5-3-4-6-18(15)23-14(2)21/h3-10H,11-12H2,1-2H3,(H,19,20). The van der Waals surface area contributed by atoms with Crippen molar-refractivity contribution in [2.24, 2.45) is 0 Å². The zero-order valence-corrected chi connectivity index (χ0v) is 13.2. The summed E-state index contributed by atoms with van der Waals surface area (Å²) in [5, 5.41) is 2.70.